The average Bonchev–Trinajstić information content (AvgIpc) is 3.04. The summed E-state index contributed by atoms with van der Waals surface area (Å²) < 4.78 is 15.7. The van der Waals surface area contributed by atoms with Gasteiger partial charge >= 0.3 is 0 Å². The Morgan fingerprint density at radius 3 is 2.39 bits per heavy atom. The predicted molar refractivity (Wildman–Crippen MR) is 131 cm³/mol. The fourth-order valence-electron chi connectivity index (χ4n) is 3.15. The number of carbonyl (C=O) groups is 1. The maximum atomic E-state index is 14.2. The third kappa shape index (κ3) is 5.26. The summed E-state index contributed by atoms with van der Waals surface area (Å²) in [5.41, 5.74) is 2.98. The summed E-state index contributed by atoms with van der Waals surface area (Å²) >= 11 is 6.28. The molecule has 0 aliphatic carbocycles. The molecule has 2 N–H and O–H groups in total. The van der Waals surface area contributed by atoms with E-state index in [0.717, 1.165) is 5.56 Å². The van der Waals surface area contributed by atoms with E-state index >= 15 is 0 Å². The van der Waals surface area contributed by atoms with Crippen LogP contribution in [0.25, 0.3) is 11.3 Å². The van der Waals surface area contributed by atoms with E-state index in [1.54, 1.807) is 37.4 Å². The summed E-state index contributed by atoms with van der Waals surface area (Å²) in [6.45, 7) is 5.40. The molecule has 0 saturated carbocycles. The third-order valence-corrected chi connectivity index (χ3v) is 5.77. The number of carbonyl (C=O) groups excluding carboxylic acids is 1. The van der Waals surface area contributed by atoms with Crippen molar-refractivity contribution in [3.63, 3.8) is 0 Å². The molecule has 0 saturated heterocycles. The highest BCUT2D eigenvalue weighted by Gasteiger charge is 2.25. The van der Waals surface area contributed by atoms with Gasteiger partial charge < -0.3 is 10.4 Å². The first kappa shape index (κ1) is 23.7. The first-order valence-electron chi connectivity index (χ1n) is 9.53. The summed E-state index contributed by atoms with van der Waals surface area (Å²) in [6, 6.07) is 11.5. The number of halogens is 2. The first-order valence-corrected chi connectivity index (χ1v) is 11.1. The van der Waals surface area contributed by atoms with Gasteiger partial charge in [0.1, 0.15) is 11.4 Å². The number of hydrogen-bond acceptors (Lipinski definition) is 3. The van der Waals surface area contributed by atoms with Crippen molar-refractivity contribution < 1.29 is 14.3 Å². The molecule has 3 aromatic rings. The van der Waals surface area contributed by atoms with Crippen molar-refractivity contribution in [2.75, 3.05) is 5.32 Å². The van der Waals surface area contributed by atoms with E-state index in [2.05, 4.69) is 28.9 Å². The second kappa shape index (κ2) is 8.50. The van der Waals surface area contributed by atoms with Crippen LogP contribution in [0.1, 0.15) is 42.4 Å². The van der Waals surface area contributed by atoms with Crippen LogP contribution in [-0.4, -0.2) is 20.8 Å². The minimum atomic E-state index is -1.69. The highest BCUT2D eigenvalue weighted by atomic mass is 35.5. The highest BCUT2D eigenvalue weighted by molar-refractivity contribution is 7.18. The van der Waals surface area contributed by atoms with E-state index in [4.69, 9.17) is 11.6 Å². The standard InChI is InChI=1S/C22H25ClFN3O2P2/c1-21(2,30)15-10-13(6-8-16(15)23)25-20(29)12-5-7-14(18(28)9-12)17-11-19(22(3,24)31)26-27(17)4/h5-11,28H,30-31H2,1-4H3,(H,25,29). The van der Waals surface area contributed by atoms with Gasteiger partial charge in [-0.3, -0.25) is 9.48 Å². The van der Waals surface area contributed by atoms with Gasteiger partial charge in [0.25, 0.3) is 5.91 Å². The molecular weight excluding hydrogens is 455 g/mol. The smallest absolute Gasteiger partial charge is 0.255 e. The third-order valence-electron chi connectivity index (χ3n) is 4.83. The van der Waals surface area contributed by atoms with Crippen molar-refractivity contribution in [1.29, 1.82) is 0 Å². The summed E-state index contributed by atoms with van der Waals surface area (Å²) in [4.78, 5) is 12.7. The fraction of sp³-hybridized carbons (Fsp3) is 0.273. The van der Waals surface area contributed by atoms with E-state index < -0.39 is 5.41 Å². The summed E-state index contributed by atoms with van der Waals surface area (Å²) in [5.74, 6) is -0.474. The van der Waals surface area contributed by atoms with E-state index in [9.17, 15) is 14.3 Å². The van der Waals surface area contributed by atoms with Gasteiger partial charge in [-0.25, -0.2) is 4.39 Å². The Bertz CT molecular complexity index is 1150. The number of alkyl halides is 1. The second-order valence-electron chi connectivity index (χ2n) is 8.22. The van der Waals surface area contributed by atoms with Crippen LogP contribution in [0.2, 0.25) is 5.02 Å². The van der Waals surface area contributed by atoms with Crippen molar-refractivity contribution in [3.05, 3.63) is 64.3 Å². The van der Waals surface area contributed by atoms with Crippen molar-refractivity contribution in [2.45, 2.75) is 31.3 Å². The predicted octanol–water partition coefficient (Wildman–Crippen LogP) is 5.83. The Labute approximate surface area is 190 Å². The number of phenols is 1. The Kier molecular flexibility index (Phi) is 6.49. The molecule has 0 spiro atoms. The zero-order valence-electron chi connectivity index (χ0n) is 17.7. The van der Waals surface area contributed by atoms with Crippen LogP contribution < -0.4 is 5.32 Å². The van der Waals surface area contributed by atoms with Crippen LogP contribution in [0.15, 0.2) is 42.5 Å². The van der Waals surface area contributed by atoms with Gasteiger partial charge in [0.2, 0.25) is 0 Å². The lowest BCUT2D eigenvalue weighted by atomic mass is 10.0. The Morgan fingerprint density at radius 1 is 1.16 bits per heavy atom. The quantitative estimate of drug-likeness (QED) is 0.453. The highest BCUT2D eigenvalue weighted by Crippen LogP contribution is 2.38. The number of aromatic hydroxyl groups is 1. The van der Waals surface area contributed by atoms with Crippen molar-refractivity contribution in [1.82, 2.24) is 9.78 Å². The Balaban J connectivity index is 1.87. The molecule has 3 rings (SSSR count). The summed E-state index contributed by atoms with van der Waals surface area (Å²) in [5, 5.41) is 16.2. The second-order valence-corrected chi connectivity index (χ2v) is 11.2. The molecule has 0 aliphatic rings. The topological polar surface area (TPSA) is 67.2 Å². The number of amides is 1. The van der Waals surface area contributed by atoms with Crippen LogP contribution in [-0.2, 0) is 17.6 Å². The summed E-state index contributed by atoms with van der Waals surface area (Å²) in [7, 11) is 6.49. The molecule has 31 heavy (non-hydrogen) atoms. The van der Waals surface area contributed by atoms with Gasteiger partial charge in [-0.1, -0.05) is 34.7 Å². The largest absolute Gasteiger partial charge is 0.507 e. The van der Waals surface area contributed by atoms with Gasteiger partial charge in [0, 0.05) is 34.0 Å². The number of aromatic nitrogens is 2. The number of phenolic OH excluding ortho intramolecular Hbond substituents is 1. The number of benzene rings is 2. The molecule has 3 unspecified atom stereocenters. The lowest BCUT2D eigenvalue weighted by molar-refractivity contribution is 0.102. The molecule has 1 amide bonds. The summed E-state index contributed by atoms with van der Waals surface area (Å²) in [6.07, 6.45) is 0. The van der Waals surface area contributed by atoms with E-state index in [0.29, 0.717) is 22.0 Å². The molecule has 3 atom stereocenters. The number of nitrogens with zero attached hydrogens (tertiary/aromatic N) is 2. The van der Waals surface area contributed by atoms with Crippen LogP contribution in [0.3, 0.4) is 0 Å². The molecular formula is C22H25ClFN3O2P2. The lowest BCUT2D eigenvalue weighted by Crippen LogP contribution is -2.14. The maximum absolute atomic E-state index is 14.2. The molecule has 0 radical (unpaired) electrons. The normalized spacial score (nSPS) is 13.7. The van der Waals surface area contributed by atoms with Gasteiger partial charge in [-0.15, -0.1) is 9.24 Å². The van der Waals surface area contributed by atoms with Crippen LogP contribution in [0.5, 0.6) is 5.75 Å². The molecule has 1 heterocycles. The van der Waals surface area contributed by atoms with E-state index in [1.165, 1.54) is 17.7 Å². The number of rotatable bonds is 5. The van der Waals surface area contributed by atoms with Gasteiger partial charge in [0.05, 0.1) is 5.69 Å². The molecule has 9 heteroatoms. The van der Waals surface area contributed by atoms with E-state index in [-0.39, 0.29) is 28.1 Å². The monoisotopic (exact) mass is 479 g/mol. The molecule has 0 bridgehead atoms. The fourth-order valence-corrected chi connectivity index (χ4v) is 3.98. The number of hydrogen-bond donors (Lipinski definition) is 2. The zero-order chi connectivity index (χ0) is 23.1. The minimum absolute atomic E-state index is 0.102. The van der Waals surface area contributed by atoms with Crippen molar-refractivity contribution >= 4 is 41.7 Å². The molecule has 2 aromatic carbocycles. The van der Waals surface area contributed by atoms with Gasteiger partial charge in [0.15, 0.2) is 5.41 Å². The SMILES string of the molecule is Cn1nc(C(C)(F)P)cc1-c1ccc(C(=O)Nc2ccc(Cl)c(C(C)(C)P)c2)cc1O. The van der Waals surface area contributed by atoms with Crippen LogP contribution in [0, 0.1) is 0 Å². The van der Waals surface area contributed by atoms with Crippen LogP contribution >= 0.6 is 30.1 Å². The molecule has 164 valence electrons. The van der Waals surface area contributed by atoms with Crippen LogP contribution in [0.4, 0.5) is 10.1 Å². The first-order chi connectivity index (χ1) is 14.3. The molecule has 1 aromatic heterocycles. The Morgan fingerprint density at radius 2 is 1.84 bits per heavy atom. The number of aryl methyl sites for hydroxylation is 1. The number of nitrogens with one attached hydrogen (secondary N) is 1. The lowest BCUT2D eigenvalue weighted by Gasteiger charge is -2.21. The van der Waals surface area contributed by atoms with Crippen molar-refractivity contribution in [2.24, 2.45) is 7.05 Å². The maximum Gasteiger partial charge on any atom is 0.255 e. The molecule has 0 fully saturated rings. The molecule has 0 aliphatic heterocycles. The number of anilines is 1. The zero-order valence-corrected chi connectivity index (χ0v) is 20.8. The van der Waals surface area contributed by atoms with Gasteiger partial charge in [-0.05, 0) is 55.0 Å². The minimum Gasteiger partial charge on any atom is -0.507 e. The average molecular weight is 480 g/mol. The Hall–Kier alpha value is -2.00. The molecule has 5 nitrogen and oxygen atoms in total. The van der Waals surface area contributed by atoms with E-state index in [1.807, 2.05) is 19.9 Å². The van der Waals surface area contributed by atoms with Gasteiger partial charge in [-0.2, -0.15) is 5.10 Å². The van der Waals surface area contributed by atoms with Crippen molar-refractivity contribution in [3.8, 4) is 17.0 Å².